The van der Waals surface area contributed by atoms with E-state index in [-0.39, 0.29) is 35.3 Å². The number of anilines is 2. The van der Waals surface area contributed by atoms with E-state index in [0.29, 0.717) is 11.3 Å². The van der Waals surface area contributed by atoms with E-state index in [1.807, 2.05) is 0 Å². The quantitative estimate of drug-likeness (QED) is 0.657. The van der Waals surface area contributed by atoms with Crippen molar-refractivity contribution in [2.45, 2.75) is 20.0 Å². The van der Waals surface area contributed by atoms with Gasteiger partial charge in [0.25, 0.3) is 0 Å². The van der Waals surface area contributed by atoms with Crippen LogP contribution in [0.1, 0.15) is 12.5 Å². The first-order valence-corrected chi connectivity index (χ1v) is 9.89. The number of carbonyl (C=O) groups excluding carboxylic acids is 1. The molecule has 28 heavy (non-hydrogen) atoms. The van der Waals surface area contributed by atoms with E-state index < -0.39 is 16.6 Å². The maximum atomic E-state index is 12.2. The van der Waals surface area contributed by atoms with Crippen molar-refractivity contribution >= 4 is 27.3 Å². The van der Waals surface area contributed by atoms with Crippen LogP contribution in [-0.2, 0) is 21.2 Å². The Hall–Kier alpha value is -2.88. The van der Waals surface area contributed by atoms with Gasteiger partial charge in [-0.1, -0.05) is 12.1 Å². The summed E-state index contributed by atoms with van der Waals surface area (Å²) in [6, 6.07) is 10.2. The second-order valence-corrected chi connectivity index (χ2v) is 7.68. The normalized spacial score (nSPS) is 11.2. The molecule has 2 aromatic carbocycles. The summed E-state index contributed by atoms with van der Waals surface area (Å²) in [4.78, 5) is 12.2. The van der Waals surface area contributed by atoms with Crippen LogP contribution in [0.15, 0.2) is 42.5 Å². The molecule has 0 aromatic heterocycles. The summed E-state index contributed by atoms with van der Waals surface area (Å²) in [5, 5.41) is 2.67. The zero-order valence-corrected chi connectivity index (χ0v) is 16.1. The van der Waals surface area contributed by atoms with Gasteiger partial charge in [-0.2, -0.15) is 8.78 Å². The molecule has 0 aliphatic heterocycles. The van der Waals surface area contributed by atoms with E-state index in [9.17, 15) is 22.0 Å². The number of nitrogens with one attached hydrogen (secondary N) is 2. The molecule has 0 aliphatic carbocycles. The molecular formula is C18H20F2N2O5S. The average molecular weight is 414 g/mol. The van der Waals surface area contributed by atoms with Crippen LogP contribution in [0.25, 0.3) is 0 Å². The van der Waals surface area contributed by atoms with Crippen molar-refractivity contribution < 1.29 is 31.5 Å². The van der Waals surface area contributed by atoms with Gasteiger partial charge in [0, 0.05) is 11.8 Å². The molecule has 1 amide bonds. The summed E-state index contributed by atoms with van der Waals surface area (Å²) >= 11 is 0. The van der Waals surface area contributed by atoms with Crippen molar-refractivity contribution in [2.24, 2.45) is 0 Å². The largest absolute Gasteiger partial charge is 0.494 e. The number of benzene rings is 2. The van der Waals surface area contributed by atoms with Gasteiger partial charge in [-0.3, -0.25) is 9.52 Å². The minimum atomic E-state index is -3.47. The standard InChI is InChI=1S/C18H20F2N2O5S/c1-3-28(24,25)22-15-9-6-13(11-16(15)26-2)21-17(23)10-12-4-7-14(8-5-12)27-18(19)20/h4-9,11,18,22H,3,10H2,1-2H3,(H,21,23). The van der Waals surface area contributed by atoms with Crippen LogP contribution in [0.3, 0.4) is 0 Å². The van der Waals surface area contributed by atoms with Crippen molar-refractivity contribution in [1.82, 2.24) is 0 Å². The summed E-state index contributed by atoms with van der Waals surface area (Å²) in [7, 11) is -2.08. The fraction of sp³-hybridized carbons (Fsp3) is 0.278. The summed E-state index contributed by atoms with van der Waals surface area (Å²) in [6.45, 7) is -1.40. The molecule has 0 saturated heterocycles. The van der Waals surface area contributed by atoms with Crippen LogP contribution in [0.5, 0.6) is 11.5 Å². The Labute approximate surface area is 161 Å². The highest BCUT2D eigenvalue weighted by Crippen LogP contribution is 2.29. The van der Waals surface area contributed by atoms with Crippen molar-refractivity contribution in [3.8, 4) is 11.5 Å². The number of methoxy groups -OCH3 is 1. The Balaban J connectivity index is 2.03. The van der Waals surface area contributed by atoms with E-state index in [2.05, 4.69) is 14.8 Å². The Kier molecular flexibility index (Phi) is 7.16. The molecule has 0 saturated carbocycles. The van der Waals surface area contributed by atoms with Gasteiger partial charge < -0.3 is 14.8 Å². The van der Waals surface area contributed by atoms with Crippen LogP contribution >= 0.6 is 0 Å². The number of amides is 1. The molecule has 2 N–H and O–H groups in total. The second kappa shape index (κ2) is 9.36. The van der Waals surface area contributed by atoms with Gasteiger partial charge in [-0.25, -0.2) is 8.42 Å². The van der Waals surface area contributed by atoms with Gasteiger partial charge in [0.2, 0.25) is 15.9 Å². The molecule has 0 heterocycles. The third kappa shape index (κ3) is 6.38. The molecule has 10 heteroatoms. The van der Waals surface area contributed by atoms with E-state index in [4.69, 9.17) is 4.74 Å². The smallest absolute Gasteiger partial charge is 0.387 e. The molecule has 0 unspecified atom stereocenters. The highest BCUT2D eigenvalue weighted by Gasteiger charge is 2.13. The van der Waals surface area contributed by atoms with Crippen molar-refractivity contribution in [3.05, 3.63) is 48.0 Å². The van der Waals surface area contributed by atoms with E-state index in [1.54, 1.807) is 0 Å². The number of carbonyl (C=O) groups is 1. The fourth-order valence-electron chi connectivity index (χ4n) is 2.27. The first-order chi connectivity index (χ1) is 13.2. The predicted molar refractivity (Wildman–Crippen MR) is 101 cm³/mol. The Morgan fingerprint density at radius 1 is 1.14 bits per heavy atom. The molecular weight excluding hydrogens is 394 g/mol. The Morgan fingerprint density at radius 2 is 1.82 bits per heavy atom. The molecule has 0 fully saturated rings. The molecule has 152 valence electrons. The third-order valence-electron chi connectivity index (χ3n) is 3.64. The zero-order valence-electron chi connectivity index (χ0n) is 15.2. The van der Waals surface area contributed by atoms with Gasteiger partial charge in [0.1, 0.15) is 11.5 Å². The Bertz CT molecular complexity index is 918. The SMILES string of the molecule is CCS(=O)(=O)Nc1ccc(NC(=O)Cc2ccc(OC(F)F)cc2)cc1OC. The third-order valence-corrected chi connectivity index (χ3v) is 4.93. The number of halogens is 2. The lowest BCUT2D eigenvalue weighted by molar-refractivity contribution is -0.115. The predicted octanol–water partition coefficient (Wildman–Crippen LogP) is 3.24. The number of alkyl halides is 2. The number of sulfonamides is 1. The molecule has 0 atom stereocenters. The lowest BCUT2D eigenvalue weighted by Crippen LogP contribution is -2.16. The van der Waals surface area contributed by atoms with Crippen LogP contribution in [0.2, 0.25) is 0 Å². The molecule has 0 bridgehead atoms. The topological polar surface area (TPSA) is 93.7 Å². The molecule has 0 aliphatic rings. The molecule has 2 aromatic rings. The van der Waals surface area contributed by atoms with Gasteiger partial charge in [-0.05, 0) is 36.8 Å². The maximum Gasteiger partial charge on any atom is 0.387 e. The van der Waals surface area contributed by atoms with Crippen molar-refractivity contribution in [3.63, 3.8) is 0 Å². The minimum Gasteiger partial charge on any atom is -0.494 e. The van der Waals surface area contributed by atoms with Crippen LogP contribution in [-0.4, -0.2) is 33.8 Å². The first kappa shape index (κ1) is 21.4. The highest BCUT2D eigenvalue weighted by molar-refractivity contribution is 7.92. The number of hydrogen-bond acceptors (Lipinski definition) is 5. The lowest BCUT2D eigenvalue weighted by Gasteiger charge is -2.13. The lowest BCUT2D eigenvalue weighted by atomic mass is 10.1. The summed E-state index contributed by atoms with van der Waals surface area (Å²) in [5.41, 5.74) is 1.29. The monoisotopic (exact) mass is 414 g/mol. The average Bonchev–Trinajstić information content (AvgIpc) is 2.64. The molecule has 2 rings (SSSR count). The first-order valence-electron chi connectivity index (χ1n) is 8.24. The van der Waals surface area contributed by atoms with E-state index in [1.165, 1.54) is 56.5 Å². The minimum absolute atomic E-state index is 0.00835. The number of ether oxygens (including phenoxy) is 2. The highest BCUT2D eigenvalue weighted by atomic mass is 32.2. The van der Waals surface area contributed by atoms with Gasteiger partial charge in [0.05, 0.1) is 25.0 Å². The van der Waals surface area contributed by atoms with Gasteiger partial charge >= 0.3 is 6.61 Å². The summed E-state index contributed by atoms with van der Waals surface area (Å²) in [6.07, 6.45) is 0.0154. The Morgan fingerprint density at radius 3 is 2.39 bits per heavy atom. The van der Waals surface area contributed by atoms with Crippen LogP contribution < -0.4 is 19.5 Å². The van der Waals surface area contributed by atoms with Crippen molar-refractivity contribution in [2.75, 3.05) is 22.9 Å². The molecule has 0 radical (unpaired) electrons. The van der Waals surface area contributed by atoms with E-state index >= 15 is 0 Å². The zero-order chi connectivity index (χ0) is 20.7. The number of hydrogen-bond donors (Lipinski definition) is 2. The fourth-order valence-corrected chi connectivity index (χ4v) is 2.92. The summed E-state index contributed by atoms with van der Waals surface area (Å²) < 4.78 is 59.5. The molecule has 7 nitrogen and oxygen atoms in total. The van der Waals surface area contributed by atoms with Gasteiger partial charge in [-0.15, -0.1) is 0 Å². The second-order valence-electron chi connectivity index (χ2n) is 5.67. The van der Waals surface area contributed by atoms with E-state index in [0.717, 1.165) is 0 Å². The number of rotatable bonds is 9. The molecule has 0 spiro atoms. The van der Waals surface area contributed by atoms with Crippen LogP contribution in [0.4, 0.5) is 20.2 Å². The van der Waals surface area contributed by atoms with Crippen molar-refractivity contribution in [1.29, 1.82) is 0 Å². The van der Waals surface area contributed by atoms with Crippen LogP contribution in [0, 0.1) is 0 Å². The van der Waals surface area contributed by atoms with Gasteiger partial charge in [0.15, 0.2) is 0 Å². The maximum absolute atomic E-state index is 12.2. The summed E-state index contributed by atoms with van der Waals surface area (Å²) in [5.74, 6) is -0.167.